The molecule has 0 aromatic carbocycles. The fraction of sp³-hybridized carbons (Fsp3) is 0.636. The van der Waals surface area contributed by atoms with E-state index in [1.165, 1.54) is 11.3 Å². The fourth-order valence-electron chi connectivity index (χ4n) is 1.65. The average molecular weight is 191 g/mol. The van der Waals surface area contributed by atoms with E-state index in [0.717, 1.165) is 18.5 Å². The third-order valence-electron chi connectivity index (χ3n) is 2.37. The van der Waals surface area contributed by atoms with Gasteiger partial charge in [-0.1, -0.05) is 20.8 Å². The molecule has 0 amide bonds. The molecule has 3 nitrogen and oxygen atoms in total. The van der Waals surface area contributed by atoms with E-state index in [1.807, 2.05) is 0 Å². The van der Waals surface area contributed by atoms with Crippen LogP contribution in [-0.2, 0) is 12.8 Å². The smallest absolute Gasteiger partial charge is 0.0682 e. The first-order valence-electron chi connectivity index (χ1n) is 5.13. The minimum atomic E-state index is 0.431. The van der Waals surface area contributed by atoms with E-state index in [2.05, 4.69) is 37.0 Å². The van der Waals surface area contributed by atoms with Gasteiger partial charge in [-0.05, 0) is 24.3 Å². The number of nitrogens with one attached hydrogen (secondary N) is 1. The van der Waals surface area contributed by atoms with Gasteiger partial charge >= 0.3 is 0 Å². The molecule has 0 aliphatic rings. The first-order valence-corrected chi connectivity index (χ1v) is 5.13. The van der Waals surface area contributed by atoms with E-state index < -0.39 is 0 Å². The van der Waals surface area contributed by atoms with Crippen molar-refractivity contribution in [2.75, 3.05) is 0 Å². The summed E-state index contributed by atoms with van der Waals surface area (Å²) in [7, 11) is 0. The van der Waals surface area contributed by atoms with Crippen molar-refractivity contribution < 1.29 is 0 Å². The Morgan fingerprint density at radius 2 is 2.21 bits per heavy atom. The summed E-state index contributed by atoms with van der Waals surface area (Å²) in [6.45, 7) is 6.37. The number of rotatable bonds is 4. The molecule has 3 heteroatoms. The predicted molar refractivity (Wildman–Crippen MR) is 56.0 cm³/mol. The van der Waals surface area contributed by atoms with E-state index in [0.29, 0.717) is 12.3 Å². The molecule has 0 fully saturated rings. The summed E-state index contributed by atoms with van der Waals surface area (Å²) in [6.07, 6.45) is 2.36. The summed E-state index contributed by atoms with van der Waals surface area (Å²) < 4.78 is 0. The molecule has 1 aromatic rings. The largest absolute Gasteiger partial charge is 0.282 e. The van der Waals surface area contributed by atoms with Crippen LogP contribution in [0.3, 0.4) is 0 Å². The average Bonchev–Trinajstić information content (AvgIpc) is 2.57. The highest BCUT2D eigenvalue weighted by molar-refractivity contribution is 5.28. The highest BCUT2D eigenvalue weighted by Gasteiger charge is 2.13. The molecule has 0 spiro atoms. The molecule has 14 heavy (non-hydrogen) atoms. The number of aromatic nitrogens is 2. The van der Waals surface area contributed by atoms with E-state index in [-0.39, 0.29) is 0 Å². The summed E-state index contributed by atoms with van der Waals surface area (Å²) in [5.41, 5.74) is 3.56. The lowest BCUT2D eigenvalue weighted by atomic mass is 9.99. The third-order valence-corrected chi connectivity index (χ3v) is 2.37. The van der Waals surface area contributed by atoms with Crippen LogP contribution < -0.4 is 0 Å². The normalized spacial score (nSPS) is 10.5. The Balaban J connectivity index is 2.95. The molecule has 0 aliphatic carbocycles. The van der Waals surface area contributed by atoms with Crippen molar-refractivity contribution in [1.82, 2.24) is 10.2 Å². The summed E-state index contributed by atoms with van der Waals surface area (Å²) in [6, 6.07) is 2.18. The maximum atomic E-state index is 8.58. The zero-order valence-corrected chi connectivity index (χ0v) is 9.09. The number of nitrogens with zero attached hydrogens (tertiary/aromatic N) is 2. The van der Waals surface area contributed by atoms with Gasteiger partial charge in [0.15, 0.2) is 0 Å². The molecule has 1 heterocycles. The zero-order chi connectivity index (χ0) is 10.6. The van der Waals surface area contributed by atoms with Gasteiger partial charge in [-0.2, -0.15) is 10.4 Å². The van der Waals surface area contributed by atoms with E-state index in [9.17, 15) is 0 Å². The molecule has 0 aliphatic heterocycles. The fourth-order valence-corrected chi connectivity index (χ4v) is 1.65. The minimum Gasteiger partial charge on any atom is -0.282 e. The first-order chi connectivity index (χ1) is 6.70. The molecule has 0 saturated heterocycles. The number of hydrogen-bond donors (Lipinski definition) is 1. The molecular weight excluding hydrogens is 174 g/mol. The Kier molecular flexibility index (Phi) is 3.70. The zero-order valence-electron chi connectivity index (χ0n) is 9.09. The monoisotopic (exact) mass is 191 g/mol. The highest BCUT2D eigenvalue weighted by atomic mass is 15.1. The number of aromatic amines is 1. The lowest BCUT2D eigenvalue weighted by Gasteiger charge is -2.04. The van der Waals surface area contributed by atoms with Crippen molar-refractivity contribution in [3.63, 3.8) is 0 Å². The number of aryl methyl sites for hydroxylation is 1. The van der Waals surface area contributed by atoms with Crippen molar-refractivity contribution in [1.29, 1.82) is 5.26 Å². The third kappa shape index (κ3) is 2.14. The van der Waals surface area contributed by atoms with Crippen molar-refractivity contribution in [2.24, 2.45) is 0 Å². The molecule has 0 saturated carbocycles. The highest BCUT2D eigenvalue weighted by Crippen LogP contribution is 2.21. The molecule has 0 radical (unpaired) electrons. The molecular formula is C11H17N3. The Hall–Kier alpha value is -1.30. The molecule has 1 aromatic heterocycles. The summed E-state index contributed by atoms with van der Waals surface area (Å²) in [5.74, 6) is 0.431. The maximum Gasteiger partial charge on any atom is 0.0682 e. The molecule has 76 valence electrons. The predicted octanol–water partition coefficient (Wildman–Crippen LogP) is 2.55. The Morgan fingerprint density at radius 3 is 2.71 bits per heavy atom. The van der Waals surface area contributed by atoms with E-state index in [1.54, 1.807) is 0 Å². The van der Waals surface area contributed by atoms with Crippen molar-refractivity contribution in [3.8, 4) is 6.07 Å². The van der Waals surface area contributed by atoms with E-state index in [4.69, 9.17) is 5.26 Å². The quantitative estimate of drug-likeness (QED) is 0.795. The van der Waals surface area contributed by atoms with Gasteiger partial charge in [-0.25, -0.2) is 0 Å². The molecule has 1 rings (SSSR count). The van der Waals surface area contributed by atoms with Crippen molar-refractivity contribution in [2.45, 2.75) is 46.0 Å². The van der Waals surface area contributed by atoms with Gasteiger partial charge in [-0.3, -0.25) is 5.10 Å². The van der Waals surface area contributed by atoms with Crippen LogP contribution in [0.5, 0.6) is 0 Å². The van der Waals surface area contributed by atoms with Crippen molar-refractivity contribution in [3.05, 3.63) is 17.0 Å². The van der Waals surface area contributed by atoms with Crippen LogP contribution >= 0.6 is 0 Å². The summed E-state index contributed by atoms with van der Waals surface area (Å²) in [4.78, 5) is 0. The second-order valence-electron chi connectivity index (χ2n) is 3.73. The standard InChI is InChI=1S/C11H17N3/c1-4-10-9(6-5-7-12)11(8(2)3)14-13-10/h8H,4-6H2,1-3H3,(H,13,14). The molecule has 0 atom stereocenters. The Bertz CT molecular complexity index is 331. The van der Waals surface area contributed by atoms with Crippen LogP contribution in [0.25, 0.3) is 0 Å². The lowest BCUT2D eigenvalue weighted by Crippen LogP contribution is -1.96. The first kappa shape index (κ1) is 10.8. The number of nitriles is 1. The second-order valence-corrected chi connectivity index (χ2v) is 3.73. The van der Waals surface area contributed by atoms with Gasteiger partial charge in [0.05, 0.1) is 11.8 Å². The van der Waals surface area contributed by atoms with E-state index >= 15 is 0 Å². The van der Waals surface area contributed by atoms with Gasteiger partial charge < -0.3 is 0 Å². The minimum absolute atomic E-state index is 0.431. The number of H-pyrrole nitrogens is 1. The van der Waals surface area contributed by atoms with Crippen LogP contribution in [0.15, 0.2) is 0 Å². The van der Waals surface area contributed by atoms with Crippen LogP contribution in [0.1, 0.15) is 50.1 Å². The molecule has 0 bridgehead atoms. The van der Waals surface area contributed by atoms with Gasteiger partial charge in [0, 0.05) is 12.1 Å². The molecule has 0 unspecified atom stereocenters. The summed E-state index contributed by atoms with van der Waals surface area (Å²) >= 11 is 0. The van der Waals surface area contributed by atoms with Gasteiger partial charge in [-0.15, -0.1) is 0 Å². The van der Waals surface area contributed by atoms with Crippen LogP contribution in [-0.4, -0.2) is 10.2 Å². The maximum absolute atomic E-state index is 8.58. The Labute approximate surface area is 85.1 Å². The number of hydrogen-bond acceptors (Lipinski definition) is 2. The Morgan fingerprint density at radius 1 is 1.50 bits per heavy atom. The summed E-state index contributed by atoms with van der Waals surface area (Å²) in [5, 5.41) is 15.9. The topological polar surface area (TPSA) is 52.5 Å². The van der Waals surface area contributed by atoms with Gasteiger partial charge in [0.2, 0.25) is 0 Å². The van der Waals surface area contributed by atoms with Gasteiger partial charge in [0.25, 0.3) is 0 Å². The van der Waals surface area contributed by atoms with Crippen LogP contribution in [0.2, 0.25) is 0 Å². The van der Waals surface area contributed by atoms with Crippen molar-refractivity contribution >= 4 is 0 Å². The van der Waals surface area contributed by atoms with Crippen LogP contribution in [0.4, 0.5) is 0 Å². The molecule has 1 N–H and O–H groups in total. The van der Waals surface area contributed by atoms with Gasteiger partial charge in [0.1, 0.15) is 0 Å². The second kappa shape index (κ2) is 4.80. The van der Waals surface area contributed by atoms with Crippen LogP contribution in [0, 0.1) is 11.3 Å². The lowest BCUT2D eigenvalue weighted by molar-refractivity contribution is 0.792. The SMILES string of the molecule is CCc1[nH]nc(C(C)C)c1CCC#N.